The Kier molecular flexibility index (Phi) is 5.24. The van der Waals surface area contributed by atoms with E-state index >= 15 is 0 Å². The number of carbonyl (C=O) groups excluding carboxylic acids is 2. The number of nitrogens with zero attached hydrogens (tertiary/aromatic N) is 3. The van der Waals surface area contributed by atoms with E-state index in [1.54, 1.807) is 0 Å². The second-order valence-corrected chi connectivity index (χ2v) is 8.06. The maximum atomic E-state index is 13.4. The lowest BCUT2D eigenvalue weighted by Crippen LogP contribution is -2.46. The Morgan fingerprint density at radius 2 is 1.31 bits per heavy atom. The van der Waals surface area contributed by atoms with E-state index < -0.39 is 0 Å². The summed E-state index contributed by atoms with van der Waals surface area (Å²) in [6.07, 6.45) is 0. The van der Waals surface area contributed by atoms with Crippen molar-refractivity contribution in [1.82, 2.24) is 14.7 Å². The summed E-state index contributed by atoms with van der Waals surface area (Å²) in [5, 5.41) is 0. The number of hydrogen-bond donors (Lipinski definition) is 0. The van der Waals surface area contributed by atoms with Crippen LogP contribution in [0.25, 0.3) is 5.57 Å². The van der Waals surface area contributed by atoms with Gasteiger partial charge in [0.25, 0.3) is 11.8 Å². The predicted molar refractivity (Wildman–Crippen MR) is 114 cm³/mol. The van der Waals surface area contributed by atoms with Crippen molar-refractivity contribution in [2.45, 2.75) is 20.4 Å². The average Bonchev–Trinajstić information content (AvgIpc) is 2.96. The number of carbonyl (C=O) groups is 2. The quantitative estimate of drug-likeness (QED) is 0.755. The molecule has 0 spiro atoms. The number of imide groups is 1. The van der Waals surface area contributed by atoms with Crippen molar-refractivity contribution in [3.05, 3.63) is 76.5 Å². The molecule has 2 amide bonds. The molecule has 1 saturated heterocycles. The molecule has 5 nitrogen and oxygen atoms in total. The van der Waals surface area contributed by atoms with E-state index in [1.165, 1.54) is 4.90 Å². The van der Waals surface area contributed by atoms with E-state index in [2.05, 4.69) is 16.8 Å². The summed E-state index contributed by atoms with van der Waals surface area (Å²) in [7, 11) is 2.08. The van der Waals surface area contributed by atoms with Gasteiger partial charge in [-0.2, -0.15) is 0 Å². The van der Waals surface area contributed by atoms with Gasteiger partial charge in [-0.1, -0.05) is 59.7 Å². The van der Waals surface area contributed by atoms with Crippen LogP contribution in [0.1, 0.15) is 22.3 Å². The number of aryl methyl sites for hydroxylation is 2. The van der Waals surface area contributed by atoms with Crippen LogP contribution in [0.2, 0.25) is 0 Å². The molecule has 0 aliphatic carbocycles. The zero-order valence-corrected chi connectivity index (χ0v) is 17.3. The number of rotatable bonds is 4. The maximum Gasteiger partial charge on any atom is 0.278 e. The Hall–Kier alpha value is -2.92. The zero-order valence-electron chi connectivity index (χ0n) is 17.3. The number of likely N-dealkylation sites (N-methyl/N-ethyl adjacent to an activating group) is 1. The van der Waals surface area contributed by atoms with Crippen LogP contribution >= 0.6 is 0 Å². The number of amides is 2. The monoisotopic (exact) mass is 389 g/mol. The van der Waals surface area contributed by atoms with Crippen molar-refractivity contribution in [1.29, 1.82) is 0 Å². The highest BCUT2D eigenvalue weighted by atomic mass is 16.2. The van der Waals surface area contributed by atoms with Gasteiger partial charge in [0.1, 0.15) is 5.70 Å². The van der Waals surface area contributed by atoms with Crippen molar-refractivity contribution in [2.75, 3.05) is 33.2 Å². The third-order valence-corrected chi connectivity index (χ3v) is 5.76. The minimum absolute atomic E-state index is 0.185. The van der Waals surface area contributed by atoms with Crippen molar-refractivity contribution >= 4 is 17.4 Å². The molecule has 2 aliphatic rings. The molecule has 2 heterocycles. The van der Waals surface area contributed by atoms with Gasteiger partial charge in [0.2, 0.25) is 0 Å². The van der Waals surface area contributed by atoms with Crippen LogP contribution in [0.3, 0.4) is 0 Å². The maximum absolute atomic E-state index is 13.4. The first-order valence-corrected chi connectivity index (χ1v) is 10.1. The standard InChI is InChI=1S/C24H27N3O2/c1-17-4-8-19(9-5-17)16-27-23(28)21(20-10-6-18(2)7-11-20)22(24(27)29)26-14-12-25(3)13-15-26/h4-11H,12-16H2,1-3H3. The Labute approximate surface area is 172 Å². The van der Waals surface area contributed by atoms with Gasteiger partial charge in [-0.05, 0) is 32.0 Å². The summed E-state index contributed by atoms with van der Waals surface area (Å²) in [6.45, 7) is 7.60. The van der Waals surface area contributed by atoms with Crippen LogP contribution in [0.4, 0.5) is 0 Å². The number of benzene rings is 2. The molecular formula is C24H27N3O2. The summed E-state index contributed by atoms with van der Waals surface area (Å²) >= 11 is 0. The van der Waals surface area contributed by atoms with Crippen LogP contribution < -0.4 is 0 Å². The first-order valence-electron chi connectivity index (χ1n) is 10.1. The second kappa shape index (κ2) is 7.84. The van der Waals surface area contributed by atoms with E-state index in [1.807, 2.05) is 62.4 Å². The fourth-order valence-electron chi connectivity index (χ4n) is 3.89. The first kappa shape index (κ1) is 19.4. The second-order valence-electron chi connectivity index (χ2n) is 8.06. The molecule has 2 aromatic carbocycles. The van der Waals surface area contributed by atoms with Crippen molar-refractivity contribution < 1.29 is 9.59 Å². The molecule has 0 radical (unpaired) electrons. The molecule has 5 heteroatoms. The molecule has 29 heavy (non-hydrogen) atoms. The van der Waals surface area contributed by atoms with Crippen LogP contribution in [-0.2, 0) is 16.1 Å². The molecule has 2 aliphatic heterocycles. The van der Waals surface area contributed by atoms with E-state index in [9.17, 15) is 9.59 Å². The minimum Gasteiger partial charge on any atom is -0.364 e. The smallest absolute Gasteiger partial charge is 0.278 e. The Morgan fingerprint density at radius 3 is 1.90 bits per heavy atom. The van der Waals surface area contributed by atoms with E-state index in [0.29, 0.717) is 17.8 Å². The molecule has 2 aromatic rings. The van der Waals surface area contributed by atoms with Gasteiger partial charge in [0.05, 0.1) is 12.1 Å². The topological polar surface area (TPSA) is 43.9 Å². The summed E-state index contributed by atoms with van der Waals surface area (Å²) in [4.78, 5) is 32.5. The molecule has 0 aromatic heterocycles. The largest absolute Gasteiger partial charge is 0.364 e. The number of piperazine rings is 1. The lowest BCUT2D eigenvalue weighted by Gasteiger charge is -2.34. The van der Waals surface area contributed by atoms with Crippen molar-refractivity contribution in [2.24, 2.45) is 0 Å². The highest BCUT2D eigenvalue weighted by molar-refractivity contribution is 6.35. The molecule has 1 fully saturated rings. The van der Waals surface area contributed by atoms with Crippen LogP contribution in [0.15, 0.2) is 54.2 Å². The Balaban J connectivity index is 1.71. The molecule has 0 bridgehead atoms. The molecule has 0 saturated carbocycles. The van der Waals surface area contributed by atoms with Gasteiger partial charge in [-0.25, -0.2) is 0 Å². The minimum atomic E-state index is -0.201. The SMILES string of the molecule is Cc1ccc(CN2C(=O)C(c3ccc(C)cc3)=C(N3CCN(C)CC3)C2=O)cc1. The van der Waals surface area contributed by atoms with Crippen molar-refractivity contribution in [3.8, 4) is 0 Å². The van der Waals surface area contributed by atoms with Gasteiger partial charge in [0.15, 0.2) is 0 Å². The summed E-state index contributed by atoms with van der Waals surface area (Å²) in [5.74, 6) is -0.385. The van der Waals surface area contributed by atoms with Gasteiger partial charge in [0, 0.05) is 26.2 Å². The molecular weight excluding hydrogens is 362 g/mol. The van der Waals surface area contributed by atoms with Gasteiger partial charge >= 0.3 is 0 Å². The third kappa shape index (κ3) is 3.83. The summed E-state index contributed by atoms with van der Waals surface area (Å²) in [5.41, 5.74) is 5.15. The third-order valence-electron chi connectivity index (χ3n) is 5.76. The lowest BCUT2D eigenvalue weighted by molar-refractivity contribution is -0.138. The van der Waals surface area contributed by atoms with Crippen LogP contribution in [0.5, 0.6) is 0 Å². The zero-order chi connectivity index (χ0) is 20.5. The molecule has 0 unspecified atom stereocenters. The average molecular weight is 389 g/mol. The normalized spacial score (nSPS) is 18.2. The van der Waals surface area contributed by atoms with Gasteiger partial charge in [-0.15, -0.1) is 0 Å². The number of hydrogen-bond acceptors (Lipinski definition) is 4. The first-order chi connectivity index (χ1) is 13.9. The van der Waals surface area contributed by atoms with Crippen molar-refractivity contribution in [3.63, 3.8) is 0 Å². The predicted octanol–water partition coefficient (Wildman–Crippen LogP) is 2.83. The molecule has 0 N–H and O–H groups in total. The van der Waals surface area contributed by atoms with Gasteiger partial charge in [-0.3, -0.25) is 14.5 Å². The fourth-order valence-corrected chi connectivity index (χ4v) is 3.89. The highest BCUT2D eigenvalue weighted by Gasteiger charge is 2.41. The van der Waals surface area contributed by atoms with Crippen LogP contribution in [-0.4, -0.2) is 59.7 Å². The Bertz CT molecular complexity index is 953. The molecule has 4 rings (SSSR count). The highest BCUT2D eigenvalue weighted by Crippen LogP contribution is 2.33. The summed E-state index contributed by atoms with van der Waals surface area (Å²) in [6, 6.07) is 15.9. The summed E-state index contributed by atoms with van der Waals surface area (Å²) < 4.78 is 0. The molecule has 150 valence electrons. The van der Waals surface area contributed by atoms with E-state index in [-0.39, 0.29) is 11.8 Å². The molecule has 0 atom stereocenters. The van der Waals surface area contributed by atoms with Crippen LogP contribution in [0, 0.1) is 13.8 Å². The van der Waals surface area contributed by atoms with Gasteiger partial charge < -0.3 is 9.80 Å². The van der Waals surface area contributed by atoms with E-state index in [0.717, 1.165) is 48.4 Å². The fraction of sp³-hybridized carbons (Fsp3) is 0.333. The van der Waals surface area contributed by atoms with E-state index in [4.69, 9.17) is 0 Å². The lowest BCUT2D eigenvalue weighted by atomic mass is 10.0. The Morgan fingerprint density at radius 1 is 0.759 bits per heavy atom.